The topological polar surface area (TPSA) is 65.1 Å². The monoisotopic (exact) mass is 372 g/mol. The zero-order valence-corrected chi connectivity index (χ0v) is 12.9. The van der Waals surface area contributed by atoms with Crippen molar-refractivity contribution in [2.45, 2.75) is 12.6 Å². The van der Waals surface area contributed by atoms with Crippen molar-refractivity contribution < 1.29 is 4.74 Å². The number of hydrogen-bond donors (Lipinski definition) is 2. The van der Waals surface area contributed by atoms with Crippen LogP contribution >= 0.6 is 22.6 Å². The smallest absolute Gasteiger partial charge is 0.0878 e. The van der Waals surface area contributed by atoms with Crippen LogP contribution in [0.1, 0.15) is 17.3 Å². The zero-order chi connectivity index (χ0) is 13.7. The summed E-state index contributed by atoms with van der Waals surface area (Å²) in [6.45, 7) is 1.33. The molecule has 19 heavy (non-hydrogen) atoms. The van der Waals surface area contributed by atoms with Gasteiger partial charge in [-0.3, -0.25) is 10.5 Å². The second kappa shape index (κ2) is 6.99. The Balaban J connectivity index is 2.26. The Morgan fingerprint density at radius 2 is 2.11 bits per heavy atom. The summed E-state index contributed by atoms with van der Waals surface area (Å²) in [7, 11) is 1.68. The number of benzene rings is 1. The molecule has 0 spiro atoms. The van der Waals surface area contributed by atoms with E-state index in [1.165, 1.54) is 3.57 Å². The first kappa shape index (κ1) is 14.4. The van der Waals surface area contributed by atoms with Gasteiger partial charge in [0.2, 0.25) is 0 Å². The van der Waals surface area contributed by atoms with E-state index in [-0.39, 0.29) is 6.04 Å². The van der Waals surface area contributed by atoms with Gasteiger partial charge in [0.05, 0.1) is 24.9 Å². The van der Waals surface area contributed by atoms with Gasteiger partial charge in [-0.1, -0.05) is 12.1 Å². The molecule has 0 saturated carbocycles. The lowest BCUT2D eigenvalue weighted by Crippen LogP contribution is -2.31. The van der Waals surface area contributed by atoms with Gasteiger partial charge in [0.25, 0.3) is 0 Å². The molecule has 2 rings (SSSR count). The maximum atomic E-state index is 5.71. The Morgan fingerprint density at radius 1 is 1.37 bits per heavy atom. The highest BCUT2D eigenvalue weighted by Gasteiger charge is 2.16. The minimum absolute atomic E-state index is 0.0728. The molecule has 1 unspecified atom stereocenters. The van der Waals surface area contributed by atoms with Crippen LogP contribution in [0.4, 0.5) is 0 Å². The van der Waals surface area contributed by atoms with Crippen LogP contribution in [0, 0.1) is 3.57 Å². The van der Waals surface area contributed by atoms with Gasteiger partial charge in [-0.2, -0.15) is 5.10 Å². The van der Waals surface area contributed by atoms with Gasteiger partial charge in [0.1, 0.15) is 0 Å². The van der Waals surface area contributed by atoms with Crippen LogP contribution in [0.15, 0.2) is 36.5 Å². The summed E-state index contributed by atoms with van der Waals surface area (Å²) >= 11 is 2.28. The average Bonchev–Trinajstić information content (AvgIpc) is 2.88. The van der Waals surface area contributed by atoms with E-state index in [1.807, 2.05) is 10.7 Å². The van der Waals surface area contributed by atoms with Crippen molar-refractivity contribution in [1.29, 1.82) is 0 Å². The maximum Gasteiger partial charge on any atom is 0.0878 e. The number of halogens is 1. The Hall–Kier alpha value is -0.960. The third-order valence-electron chi connectivity index (χ3n) is 2.92. The van der Waals surface area contributed by atoms with Gasteiger partial charge >= 0.3 is 0 Å². The molecule has 0 aliphatic rings. The van der Waals surface area contributed by atoms with Crippen molar-refractivity contribution in [2.24, 2.45) is 5.84 Å². The number of methoxy groups -OCH3 is 1. The summed E-state index contributed by atoms with van der Waals surface area (Å²) in [6, 6.07) is 10.2. The number of aromatic nitrogens is 2. The first-order valence-electron chi connectivity index (χ1n) is 5.98. The summed E-state index contributed by atoms with van der Waals surface area (Å²) < 4.78 is 8.20. The number of nitrogens with zero attached hydrogens (tertiary/aromatic N) is 2. The molecule has 0 fully saturated rings. The molecule has 1 aromatic carbocycles. The number of ether oxygens (including phenoxy) is 1. The quantitative estimate of drug-likeness (QED) is 0.460. The zero-order valence-electron chi connectivity index (χ0n) is 10.7. The first-order valence-corrected chi connectivity index (χ1v) is 7.06. The Morgan fingerprint density at radius 3 is 2.74 bits per heavy atom. The lowest BCUT2D eigenvalue weighted by molar-refractivity contribution is 0.182. The van der Waals surface area contributed by atoms with E-state index in [4.69, 9.17) is 10.6 Å². The highest BCUT2D eigenvalue weighted by atomic mass is 127. The highest BCUT2D eigenvalue weighted by molar-refractivity contribution is 14.1. The highest BCUT2D eigenvalue weighted by Crippen LogP contribution is 2.21. The molecule has 6 heteroatoms. The van der Waals surface area contributed by atoms with E-state index in [2.05, 4.69) is 57.4 Å². The molecule has 0 aliphatic carbocycles. The average molecular weight is 372 g/mol. The van der Waals surface area contributed by atoms with Gasteiger partial charge in [-0.05, 0) is 46.4 Å². The normalized spacial score (nSPS) is 12.6. The molecule has 0 bridgehead atoms. The fraction of sp³-hybridized carbons (Fsp3) is 0.308. The minimum atomic E-state index is -0.0728. The number of hydrazine groups is 1. The molecule has 0 saturated heterocycles. The van der Waals surface area contributed by atoms with Gasteiger partial charge in [-0.25, -0.2) is 5.43 Å². The summed E-state index contributed by atoms with van der Waals surface area (Å²) in [5, 5.41) is 4.31. The fourth-order valence-corrected chi connectivity index (χ4v) is 2.32. The van der Waals surface area contributed by atoms with E-state index < -0.39 is 0 Å². The predicted octanol–water partition coefficient (Wildman–Crippen LogP) is 1.69. The molecule has 0 aliphatic heterocycles. The van der Waals surface area contributed by atoms with E-state index in [0.29, 0.717) is 13.2 Å². The summed E-state index contributed by atoms with van der Waals surface area (Å²) in [4.78, 5) is 0. The maximum absolute atomic E-state index is 5.71. The van der Waals surface area contributed by atoms with Crippen LogP contribution in [0.25, 0.3) is 0 Å². The standard InChI is InChI=1S/C13H17IN4O/c1-19-9-8-18-12(6-7-16-18)13(17-15)10-2-4-11(14)5-3-10/h2-7,13,17H,8-9,15H2,1H3. The van der Waals surface area contributed by atoms with Crippen LogP contribution in [-0.4, -0.2) is 23.5 Å². The SMILES string of the molecule is COCCn1nccc1C(NN)c1ccc(I)cc1. The predicted molar refractivity (Wildman–Crippen MR) is 82.4 cm³/mol. The molecular weight excluding hydrogens is 355 g/mol. The number of rotatable bonds is 6. The second-order valence-electron chi connectivity index (χ2n) is 4.12. The Kier molecular flexibility index (Phi) is 5.32. The van der Waals surface area contributed by atoms with Crippen LogP contribution in [-0.2, 0) is 11.3 Å². The third-order valence-corrected chi connectivity index (χ3v) is 3.64. The Labute approximate surface area is 126 Å². The third kappa shape index (κ3) is 3.53. The van der Waals surface area contributed by atoms with Crippen LogP contribution in [0.5, 0.6) is 0 Å². The van der Waals surface area contributed by atoms with Gasteiger partial charge in [0.15, 0.2) is 0 Å². The largest absolute Gasteiger partial charge is 0.383 e. The summed E-state index contributed by atoms with van der Waals surface area (Å²) in [5.41, 5.74) is 4.99. The van der Waals surface area contributed by atoms with Crippen LogP contribution < -0.4 is 11.3 Å². The molecule has 1 atom stereocenters. The van der Waals surface area contributed by atoms with Gasteiger partial charge in [0, 0.05) is 16.9 Å². The van der Waals surface area contributed by atoms with Gasteiger partial charge < -0.3 is 4.74 Å². The summed E-state index contributed by atoms with van der Waals surface area (Å²) in [6.07, 6.45) is 1.78. The first-order chi connectivity index (χ1) is 9.26. The van der Waals surface area contributed by atoms with E-state index >= 15 is 0 Å². The molecule has 0 radical (unpaired) electrons. The van der Waals surface area contributed by atoms with Crippen molar-refractivity contribution in [3.05, 3.63) is 51.4 Å². The number of hydrogen-bond acceptors (Lipinski definition) is 4. The fourth-order valence-electron chi connectivity index (χ4n) is 1.96. The molecule has 5 nitrogen and oxygen atoms in total. The molecule has 102 valence electrons. The lowest BCUT2D eigenvalue weighted by Gasteiger charge is -2.18. The van der Waals surface area contributed by atoms with Crippen LogP contribution in [0.3, 0.4) is 0 Å². The van der Waals surface area contributed by atoms with Gasteiger partial charge in [-0.15, -0.1) is 0 Å². The van der Waals surface area contributed by atoms with E-state index in [1.54, 1.807) is 13.3 Å². The molecule has 0 amide bonds. The molecule has 3 N–H and O–H groups in total. The summed E-state index contributed by atoms with van der Waals surface area (Å²) in [5.74, 6) is 5.71. The van der Waals surface area contributed by atoms with E-state index in [9.17, 15) is 0 Å². The van der Waals surface area contributed by atoms with Crippen molar-refractivity contribution >= 4 is 22.6 Å². The van der Waals surface area contributed by atoms with Crippen molar-refractivity contribution in [3.8, 4) is 0 Å². The number of nitrogens with two attached hydrogens (primary N) is 1. The van der Waals surface area contributed by atoms with Crippen molar-refractivity contribution in [2.75, 3.05) is 13.7 Å². The van der Waals surface area contributed by atoms with Crippen LogP contribution in [0.2, 0.25) is 0 Å². The molecule has 1 heterocycles. The van der Waals surface area contributed by atoms with Crippen molar-refractivity contribution in [1.82, 2.24) is 15.2 Å². The molecular formula is C13H17IN4O. The minimum Gasteiger partial charge on any atom is -0.383 e. The number of nitrogens with one attached hydrogen (secondary N) is 1. The molecule has 1 aromatic heterocycles. The lowest BCUT2D eigenvalue weighted by atomic mass is 10.0. The second-order valence-corrected chi connectivity index (χ2v) is 5.37. The Bertz CT molecular complexity index is 512. The van der Waals surface area contributed by atoms with Crippen molar-refractivity contribution in [3.63, 3.8) is 0 Å². The molecule has 2 aromatic rings. The van der Waals surface area contributed by atoms with E-state index in [0.717, 1.165) is 11.3 Å².